The van der Waals surface area contributed by atoms with Crippen molar-refractivity contribution in [1.82, 2.24) is 14.8 Å². The molecule has 132 valence electrons. The molecule has 0 radical (unpaired) electrons. The van der Waals surface area contributed by atoms with Crippen molar-refractivity contribution in [2.24, 2.45) is 0 Å². The molecule has 0 unspecified atom stereocenters. The molecule has 2 heterocycles. The molecule has 0 saturated heterocycles. The second-order valence-corrected chi connectivity index (χ2v) is 6.23. The molecule has 0 fully saturated rings. The summed E-state index contributed by atoms with van der Waals surface area (Å²) in [6, 6.07) is 13.3. The van der Waals surface area contributed by atoms with Crippen molar-refractivity contribution in [2.45, 2.75) is 6.04 Å². The molecule has 1 aliphatic heterocycles. The Labute approximate surface area is 156 Å². The fraction of sp³-hybridized carbons (Fsp3) is 0.158. The van der Waals surface area contributed by atoms with E-state index < -0.39 is 0 Å². The van der Waals surface area contributed by atoms with Gasteiger partial charge in [-0.1, -0.05) is 23.7 Å². The number of ether oxygens (including phenoxy) is 2. The van der Waals surface area contributed by atoms with E-state index >= 15 is 0 Å². The summed E-state index contributed by atoms with van der Waals surface area (Å²) in [6.45, 7) is 0. The highest BCUT2D eigenvalue weighted by molar-refractivity contribution is 6.30. The van der Waals surface area contributed by atoms with Gasteiger partial charge in [0.2, 0.25) is 5.95 Å². The first-order chi connectivity index (χ1) is 12.7. The quantitative estimate of drug-likeness (QED) is 0.754. The van der Waals surface area contributed by atoms with Gasteiger partial charge in [0.05, 0.1) is 19.9 Å². The molecule has 2 aromatic carbocycles. The van der Waals surface area contributed by atoms with Gasteiger partial charge in [0.25, 0.3) is 0 Å². The van der Waals surface area contributed by atoms with Gasteiger partial charge in [-0.2, -0.15) is 10.1 Å². The molecule has 4 rings (SSSR count). The number of fused-ring (bicyclic) bond motifs is 1. The molecule has 1 aliphatic rings. The Balaban J connectivity index is 1.81. The second kappa shape index (κ2) is 6.72. The molecule has 7 heteroatoms. The SMILES string of the molecule is COc1ccc(C2=C[C@@H](c3ccc(Cl)cc3)n3ncnc3N2)c(OC)c1. The maximum Gasteiger partial charge on any atom is 0.226 e. The van der Waals surface area contributed by atoms with Crippen LogP contribution in [-0.4, -0.2) is 29.0 Å². The van der Waals surface area contributed by atoms with Crippen molar-refractivity contribution < 1.29 is 9.47 Å². The third-order valence-electron chi connectivity index (χ3n) is 4.32. The van der Waals surface area contributed by atoms with Gasteiger partial charge in [-0.05, 0) is 35.9 Å². The van der Waals surface area contributed by atoms with Gasteiger partial charge in [-0.15, -0.1) is 0 Å². The van der Waals surface area contributed by atoms with E-state index in [1.807, 2.05) is 47.1 Å². The number of nitrogens with zero attached hydrogens (tertiary/aromatic N) is 3. The summed E-state index contributed by atoms with van der Waals surface area (Å²) in [4.78, 5) is 4.32. The number of hydrogen-bond acceptors (Lipinski definition) is 5. The summed E-state index contributed by atoms with van der Waals surface area (Å²) >= 11 is 6.03. The minimum atomic E-state index is -0.104. The Morgan fingerprint density at radius 1 is 1.08 bits per heavy atom. The molecule has 0 bridgehead atoms. The largest absolute Gasteiger partial charge is 0.497 e. The van der Waals surface area contributed by atoms with E-state index in [2.05, 4.69) is 21.5 Å². The fourth-order valence-electron chi connectivity index (χ4n) is 3.01. The van der Waals surface area contributed by atoms with Crippen LogP contribution in [0.5, 0.6) is 11.5 Å². The topological polar surface area (TPSA) is 61.2 Å². The van der Waals surface area contributed by atoms with E-state index in [1.54, 1.807) is 14.2 Å². The van der Waals surface area contributed by atoms with Crippen molar-refractivity contribution in [3.05, 3.63) is 71.0 Å². The van der Waals surface area contributed by atoms with E-state index in [0.717, 1.165) is 22.6 Å². The van der Waals surface area contributed by atoms with Crippen LogP contribution in [-0.2, 0) is 0 Å². The Morgan fingerprint density at radius 3 is 2.62 bits per heavy atom. The molecule has 1 N–H and O–H groups in total. The number of nitrogens with one attached hydrogen (secondary N) is 1. The lowest BCUT2D eigenvalue weighted by Crippen LogP contribution is -2.20. The maximum absolute atomic E-state index is 6.03. The molecule has 6 nitrogen and oxygen atoms in total. The number of anilines is 1. The molecule has 0 saturated carbocycles. The normalized spacial score (nSPS) is 15.7. The van der Waals surface area contributed by atoms with E-state index in [-0.39, 0.29) is 6.04 Å². The van der Waals surface area contributed by atoms with Crippen LogP contribution < -0.4 is 14.8 Å². The van der Waals surface area contributed by atoms with Crippen LogP contribution in [0.4, 0.5) is 5.95 Å². The summed E-state index contributed by atoms with van der Waals surface area (Å²) in [5.41, 5.74) is 2.87. The highest BCUT2D eigenvalue weighted by Gasteiger charge is 2.24. The van der Waals surface area contributed by atoms with Crippen LogP contribution >= 0.6 is 11.6 Å². The standard InChI is InChI=1S/C19H17ClN4O2/c1-25-14-7-8-15(18(9-14)26-2)16-10-17(12-3-5-13(20)6-4-12)24-19(23-16)21-11-22-24/h3-11,17H,1-2H3,(H,21,22,23)/t17-/m0/s1. The van der Waals surface area contributed by atoms with Crippen LogP contribution in [0.25, 0.3) is 5.70 Å². The summed E-state index contributed by atoms with van der Waals surface area (Å²) in [7, 11) is 3.27. The first-order valence-electron chi connectivity index (χ1n) is 8.06. The predicted molar refractivity (Wildman–Crippen MR) is 101 cm³/mol. The number of aromatic nitrogens is 3. The van der Waals surface area contributed by atoms with Crippen LogP contribution in [0, 0.1) is 0 Å². The molecule has 0 spiro atoms. The minimum Gasteiger partial charge on any atom is -0.497 e. The summed E-state index contributed by atoms with van der Waals surface area (Å²) in [6.07, 6.45) is 3.63. The van der Waals surface area contributed by atoms with Crippen molar-refractivity contribution in [3.8, 4) is 11.5 Å². The first-order valence-corrected chi connectivity index (χ1v) is 8.43. The monoisotopic (exact) mass is 368 g/mol. The van der Waals surface area contributed by atoms with Gasteiger partial charge in [0.15, 0.2) is 0 Å². The molecule has 1 atom stereocenters. The predicted octanol–water partition coefficient (Wildman–Crippen LogP) is 4.00. The van der Waals surface area contributed by atoms with Gasteiger partial charge in [-0.25, -0.2) is 4.68 Å². The highest BCUT2D eigenvalue weighted by atomic mass is 35.5. The molecular weight excluding hydrogens is 352 g/mol. The van der Waals surface area contributed by atoms with Gasteiger partial charge in [-0.3, -0.25) is 0 Å². The van der Waals surface area contributed by atoms with Crippen LogP contribution in [0.2, 0.25) is 5.02 Å². The van der Waals surface area contributed by atoms with Crippen LogP contribution in [0.3, 0.4) is 0 Å². The average Bonchev–Trinajstić information content (AvgIpc) is 3.16. The van der Waals surface area contributed by atoms with E-state index in [4.69, 9.17) is 21.1 Å². The number of methoxy groups -OCH3 is 2. The van der Waals surface area contributed by atoms with Gasteiger partial charge >= 0.3 is 0 Å². The molecule has 0 aliphatic carbocycles. The third kappa shape index (κ3) is 2.88. The maximum atomic E-state index is 6.03. The summed E-state index contributed by atoms with van der Waals surface area (Å²) < 4.78 is 12.7. The smallest absolute Gasteiger partial charge is 0.226 e. The molecular formula is C19H17ClN4O2. The van der Waals surface area contributed by atoms with E-state index in [1.165, 1.54) is 6.33 Å². The number of allylic oxidation sites excluding steroid dienone is 1. The molecule has 1 aromatic heterocycles. The zero-order chi connectivity index (χ0) is 18.1. The fourth-order valence-corrected chi connectivity index (χ4v) is 3.14. The molecule has 3 aromatic rings. The number of benzene rings is 2. The lowest BCUT2D eigenvalue weighted by Gasteiger charge is -2.25. The van der Waals surface area contributed by atoms with Gasteiger partial charge in [0.1, 0.15) is 23.9 Å². The van der Waals surface area contributed by atoms with Crippen molar-refractivity contribution in [2.75, 3.05) is 19.5 Å². The van der Waals surface area contributed by atoms with Gasteiger partial charge in [0, 0.05) is 16.7 Å². The Hall–Kier alpha value is -2.99. The van der Waals surface area contributed by atoms with Gasteiger partial charge < -0.3 is 14.8 Å². The lowest BCUT2D eigenvalue weighted by atomic mass is 10.0. The Bertz CT molecular complexity index is 966. The zero-order valence-corrected chi connectivity index (χ0v) is 15.1. The zero-order valence-electron chi connectivity index (χ0n) is 14.3. The molecule has 26 heavy (non-hydrogen) atoms. The van der Waals surface area contributed by atoms with Crippen molar-refractivity contribution >= 4 is 23.2 Å². The number of hydrogen-bond donors (Lipinski definition) is 1. The van der Waals surface area contributed by atoms with Crippen molar-refractivity contribution in [3.63, 3.8) is 0 Å². The number of rotatable bonds is 4. The third-order valence-corrected chi connectivity index (χ3v) is 4.57. The van der Waals surface area contributed by atoms with Crippen molar-refractivity contribution in [1.29, 1.82) is 0 Å². The average molecular weight is 369 g/mol. The second-order valence-electron chi connectivity index (χ2n) is 5.80. The molecule has 0 amide bonds. The Kier molecular flexibility index (Phi) is 4.26. The summed E-state index contributed by atoms with van der Waals surface area (Å²) in [5.74, 6) is 2.12. The lowest BCUT2D eigenvalue weighted by molar-refractivity contribution is 0.393. The van der Waals surface area contributed by atoms with E-state index in [0.29, 0.717) is 16.7 Å². The summed E-state index contributed by atoms with van der Waals surface area (Å²) in [5, 5.41) is 8.37. The number of halogens is 1. The van der Waals surface area contributed by atoms with Crippen LogP contribution in [0.15, 0.2) is 54.9 Å². The minimum absolute atomic E-state index is 0.104. The first kappa shape index (κ1) is 16.5. The Morgan fingerprint density at radius 2 is 1.88 bits per heavy atom. The van der Waals surface area contributed by atoms with E-state index in [9.17, 15) is 0 Å². The highest BCUT2D eigenvalue weighted by Crippen LogP contribution is 2.36. The van der Waals surface area contributed by atoms with Crippen LogP contribution in [0.1, 0.15) is 17.2 Å².